The predicted molar refractivity (Wildman–Crippen MR) is 71.5 cm³/mol. The van der Waals surface area contributed by atoms with Crippen LogP contribution in [0.25, 0.3) is 0 Å². The third-order valence-corrected chi connectivity index (χ3v) is 4.54. The molecule has 0 spiro atoms. The summed E-state index contributed by atoms with van der Waals surface area (Å²) in [4.78, 5) is 4.71. The molecule has 0 amide bonds. The van der Waals surface area contributed by atoms with Gasteiger partial charge in [0.1, 0.15) is 11.9 Å². The highest BCUT2D eigenvalue weighted by atomic mass is 15.1. The molecule has 1 N–H and O–H groups in total. The molecule has 3 rings (SSSR count). The van der Waals surface area contributed by atoms with Gasteiger partial charge in [-0.05, 0) is 56.6 Å². The highest BCUT2D eigenvalue weighted by Gasteiger charge is 2.36. The quantitative estimate of drug-likeness (QED) is 0.884. The Morgan fingerprint density at radius 2 is 2.22 bits per heavy atom. The molecule has 1 aromatic heterocycles. The van der Waals surface area contributed by atoms with Gasteiger partial charge in [0.2, 0.25) is 0 Å². The Morgan fingerprint density at radius 1 is 1.39 bits per heavy atom. The van der Waals surface area contributed by atoms with Gasteiger partial charge < -0.3 is 5.32 Å². The standard InChI is InChI=1S/C15H19N3/c1-2-15(7-4-8-15)18-14-12(10-16)9-11-5-3-6-13(11)17-14/h9H,2-8H2,1H3,(H,17,18). The Morgan fingerprint density at radius 3 is 2.83 bits per heavy atom. The number of rotatable bonds is 3. The van der Waals surface area contributed by atoms with Crippen LogP contribution in [-0.4, -0.2) is 10.5 Å². The van der Waals surface area contributed by atoms with Crippen molar-refractivity contribution in [1.82, 2.24) is 4.98 Å². The van der Waals surface area contributed by atoms with E-state index in [-0.39, 0.29) is 5.54 Å². The Kier molecular flexibility index (Phi) is 2.74. The van der Waals surface area contributed by atoms with Crippen LogP contribution in [0.3, 0.4) is 0 Å². The van der Waals surface area contributed by atoms with Crippen molar-refractivity contribution >= 4 is 5.82 Å². The summed E-state index contributed by atoms with van der Waals surface area (Å²) in [7, 11) is 0. The normalized spacial score (nSPS) is 19.8. The average molecular weight is 241 g/mol. The number of hydrogen-bond acceptors (Lipinski definition) is 3. The van der Waals surface area contributed by atoms with E-state index in [1.807, 2.05) is 6.07 Å². The Bertz CT molecular complexity index is 504. The first kappa shape index (κ1) is 11.5. The molecule has 0 aromatic carbocycles. The minimum atomic E-state index is 0.200. The Labute approximate surface area is 108 Å². The summed E-state index contributed by atoms with van der Waals surface area (Å²) < 4.78 is 0. The lowest BCUT2D eigenvalue weighted by Crippen LogP contribution is -2.44. The van der Waals surface area contributed by atoms with Crippen molar-refractivity contribution in [3.05, 3.63) is 22.9 Å². The van der Waals surface area contributed by atoms with Crippen LogP contribution in [-0.2, 0) is 12.8 Å². The van der Waals surface area contributed by atoms with Gasteiger partial charge in [-0.3, -0.25) is 0 Å². The van der Waals surface area contributed by atoms with Gasteiger partial charge in [-0.1, -0.05) is 6.92 Å². The number of anilines is 1. The third-order valence-electron chi connectivity index (χ3n) is 4.54. The molecule has 3 heteroatoms. The van der Waals surface area contributed by atoms with E-state index >= 15 is 0 Å². The van der Waals surface area contributed by atoms with E-state index in [9.17, 15) is 5.26 Å². The van der Waals surface area contributed by atoms with Crippen LogP contribution in [0, 0.1) is 11.3 Å². The van der Waals surface area contributed by atoms with Gasteiger partial charge in [-0.15, -0.1) is 0 Å². The molecule has 1 heterocycles. The van der Waals surface area contributed by atoms with Gasteiger partial charge in [0.15, 0.2) is 0 Å². The summed E-state index contributed by atoms with van der Waals surface area (Å²) in [5.41, 5.74) is 3.39. The predicted octanol–water partition coefficient (Wildman–Crippen LogP) is 3.19. The lowest BCUT2D eigenvalue weighted by atomic mass is 9.75. The molecular weight excluding hydrogens is 222 g/mol. The average Bonchev–Trinajstić information content (AvgIpc) is 2.79. The summed E-state index contributed by atoms with van der Waals surface area (Å²) in [6.07, 6.45) is 8.12. The molecule has 1 fully saturated rings. The molecule has 1 aromatic rings. The fourth-order valence-electron chi connectivity index (χ4n) is 3.07. The maximum Gasteiger partial charge on any atom is 0.144 e. The minimum absolute atomic E-state index is 0.200. The van der Waals surface area contributed by atoms with Crippen LogP contribution in [0.5, 0.6) is 0 Å². The highest BCUT2D eigenvalue weighted by molar-refractivity contribution is 5.56. The molecule has 0 atom stereocenters. The largest absolute Gasteiger partial charge is 0.364 e. The van der Waals surface area contributed by atoms with Crippen LogP contribution >= 0.6 is 0 Å². The molecule has 3 nitrogen and oxygen atoms in total. The number of nitrogens with one attached hydrogen (secondary N) is 1. The van der Waals surface area contributed by atoms with Gasteiger partial charge in [-0.2, -0.15) is 5.26 Å². The van der Waals surface area contributed by atoms with Crippen LogP contribution in [0.15, 0.2) is 6.07 Å². The van der Waals surface area contributed by atoms with E-state index in [0.29, 0.717) is 0 Å². The van der Waals surface area contributed by atoms with Crippen LogP contribution in [0.1, 0.15) is 55.8 Å². The maximum atomic E-state index is 9.28. The summed E-state index contributed by atoms with van der Waals surface area (Å²) in [6, 6.07) is 4.34. The first-order valence-electron chi connectivity index (χ1n) is 6.97. The minimum Gasteiger partial charge on any atom is -0.364 e. The molecule has 2 aliphatic rings. The van der Waals surface area contributed by atoms with Gasteiger partial charge >= 0.3 is 0 Å². The van der Waals surface area contributed by atoms with Crippen molar-refractivity contribution in [3.8, 4) is 6.07 Å². The van der Waals surface area contributed by atoms with Gasteiger partial charge in [0.25, 0.3) is 0 Å². The number of hydrogen-bond donors (Lipinski definition) is 1. The Balaban J connectivity index is 1.94. The van der Waals surface area contributed by atoms with Gasteiger partial charge in [-0.25, -0.2) is 4.98 Å². The molecule has 2 aliphatic carbocycles. The van der Waals surface area contributed by atoms with E-state index in [4.69, 9.17) is 4.98 Å². The van der Waals surface area contributed by atoms with Crippen molar-refractivity contribution in [2.45, 2.75) is 57.4 Å². The summed E-state index contributed by atoms with van der Waals surface area (Å²) in [6.45, 7) is 2.21. The maximum absolute atomic E-state index is 9.28. The van der Waals surface area contributed by atoms with E-state index in [0.717, 1.165) is 30.6 Å². The number of nitriles is 1. The lowest BCUT2D eigenvalue weighted by Gasteiger charge is -2.42. The second-order valence-electron chi connectivity index (χ2n) is 5.57. The molecule has 18 heavy (non-hydrogen) atoms. The number of pyridine rings is 1. The smallest absolute Gasteiger partial charge is 0.144 e. The lowest BCUT2D eigenvalue weighted by molar-refractivity contribution is 0.268. The molecule has 0 aliphatic heterocycles. The summed E-state index contributed by atoms with van der Waals surface area (Å²) >= 11 is 0. The van der Waals surface area contributed by atoms with E-state index in [1.165, 1.54) is 36.9 Å². The highest BCUT2D eigenvalue weighted by Crippen LogP contribution is 2.38. The number of aryl methyl sites for hydroxylation is 2. The van der Waals surface area contributed by atoms with E-state index in [2.05, 4.69) is 18.3 Å². The molecule has 0 bridgehead atoms. The van der Waals surface area contributed by atoms with E-state index in [1.54, 1.807) is 0 Å². The van der Waals surface area contributed by atoms with Crippen molar-refractivity contribution < 1.29 is 0 Å². The van der Waals surface area contributed by atoms with Crippen molar-refractivity contribution in [2.24, 2.45) is 0 Å². The van der Waals surface area contributed by atoms with Gasteiger partial charge in [0, 0.05) is 11.2 Å². The first-order chi connectivity index (χ1) is 8.76. The zero-order valence-corrected chi connectivity index (χ0v) is 10.9. The van der Waals surface area contributed by atoms with Crippen molar-refractivity contribution in [1.29, 1.82) is 5.26 Å². The number of nitrogens with zero attached hydrogens (tertiary/aromatic N) is 2. The molecule has 0 unspecified atom stereocenters. The molecule has 1 saturated carbocycles. The second-order valence-corrected chi connectivity index (χ2v) is 5.57. The third kappa shape index (κ3) is 1.77. The Hall–Kier alpha value is -1.56. The monoisotopic (exact) mass is 241 g/mol. The molecule has 0 radical (unpaired) electrons. The topological polar surface area (TPSA) is 48.7 Å². The number of fused-ring (bicyclic) bond motifs is 1. The molecule has 0 saturated heterocycles. The van der Waals surface area contributed by atoms with Crippen LogP contribution in [0.2, 0.25) is 0 Å². The zero-order chi connectivity index (χ0) is 12.6. The fraction of sp³-hybridized carbons (Fsp3) is 0.600. The van der Waals surface area contributed by atoms with Gasteiger partial charge in [0.05, 0.1) is 5.56 Å². The number of aromatic nitrogens is 1. The molecule has 94 valence electrons. The zero-order valence-electron chi connectivity index (χ0n) is 10.9. The SMILES string of the molecule is CCC1(Nc2nc3c(cc2C#N)CCC3)CCC1. The summed E-state index contributed by atoms with van der Waals surface area (Å²) in [5.74, 6) is 0.819. The molecular formula is C15H19N3. The van der Waals surface area contributed by atoms with Crippen molar-refractivity contribution in [2.75, 3.05) is 5.32 Å². The van der Waals surface area contributed by atoms with E-state index < -0.39 is 0 Å². The van der Waals surface area contributed by atoms with Crippen LogP contribution in [0.4, 0.5) is 5.82 Å². The fourth-order valence-corrected chi connectivity index (χ4v) is 3.07. The van der Waals surface area contributed by atoms with Crippen molar-refractivity contribution in [3.63, 3.8) is 0 Å². The summed E-state index contributed by atoms with van der Waals surface area (Å²) in [5, 5.41) is 12.8. The van der Waals surface area contributed by atoms with Crippen LogP contribution < -0.4 is 5.32 Å². The second kappa shape index (κ2) is 4.28. The first-order valence-corrected chi connectivity index (χ1v) is 6.97.